The van der Waals surface area contributed by atoms with Gasteiger partial charge in [-0.25, -0.2) is 4.79 Å². The first-order valence-corrected chi connectivity index (χ1v) is 6.27. The lowest BCUT2D eigenvalue weighted by Gasteiger charge is -2.25. The quantitative estimate of drug-likeness (QED) is 0.432. The molecule has 0 aliphatic heterocycles. The predicted octanol–water partition coefficient (Wildman–Crippen LogP) is 1.25. The Balaban J connectivity index is 2.13. The molecule has 17 heavy (non-hydrogen) atoms. The number of carbonyl (C=O) groups is 1. The van der Waals surface area contributed by atoms with Crippen LogP contribution < -0.4 is 5.32 Å². The minimum Gasteiger partial charge on any atom is -0.466 e. The summed E-state index contributed by atoms with van der Waals surface area (Å²) in [5, 5.41) is 12.7. The molecule has 2 N–H and O–H groups in total. The molecule has 1 fully saturated rings. The molecule has 1 saturated carbocycles. The number of methoxy groups -OCH3 is 1. The molecule has 0 aromatic rings. The number of esters is 1. The average molecular weight is 241 g/mol. The Kier molecular flexibility index (Phi) is 6.22. The fraction of sp³-hybridized carbons (Fsp3) is 0.769. The fourth-order valence-corrected chi connectivity index (χ4v) is 2.11. The van der Waals surface area contributed by atoms with Crippen LogP contribution in [0.5, 0.6) is 0 Å². The highest BCUT2D eigenvalue weighted by molar-refractivity contribution is 5.87. The van der Waals surface area contributed by atoms with E-state index in [-0.39, 0.29) is 12.1 Å². The Bertz CT molecular complexity index is 268. The molecule has 0 saturated heterocycles. The zero-order chi connectivity index (χ0) is 12.7. The van der Waals surface area contributed by atoms with Crippen LogP contribution in [0.4, 0.5) is 0 Å². The number of rotatable bonds is 5. The van der Waals surface area contributed by atoms with Crippen LogP contribution in [0.15, 0.2) is 11.6 Å². The highest BCUT2D eigenvalue weighted by atomic mass is 16.5. The molecule has 0 unspecified atom stereocenters. The van der Waals surface area contributed by atoms with E-state index in [1.807, 2.05) is 6.08 Å². The van der Waals surface area contributed by atoms with Gasteiger partial charge in [-0.1, -0.05) is 6.08 Å². The van der Waals surface area contributed by atoms with Gasteiger partial charge in [-0.3, -0.25) is 0 Å². The van der Waals surface area contributed by atoms with Gasteiger partial charge in [0, 0.05) is 12.1 Å². The second-order valence-corrected chi connectivity index (χ2v) is 4.71. The summed E-state index contributed by atoms with van der Waals surface area (Å²) in [5.74, 6) is 0.387. The Hall–Kier alpha value is -0.870. The Morgan fingerprint density at radius 2 is 2.06 bits per heavy atom. The number of carbonyl (C=O) groups excluding carboxylic acids is 1. The van der Waals surface area contributed by atoms with Crippen molar-refractivity contribution < 1.29 is 14.6 Å². The molecule has 0 atom stereocenters. The molecule has 0 aromatic carbocycles. The smallest absolute Gasteiger partial charge is 0.333 e. The van der Waals surface area contributed by atoms with Crippen molar-refractivity contribution in [3.05, 3.63) is 11.6 Å². The summed E-state index contributed by atoms with van der Waals surface area (Å²) in [6, 6.07) is 0. The van der Waals surface area contributed by atoms with Crippen LogP contribution in [0, 0.1) is 5.92 Å². The molecule has 0 heterocycles. The molecule has 0 spiro atoms. The van der Waals surface area contributed by atoms with Gasteiger partial charge in [0.05, 0.1) is 13.2 Å². The lowest BCUT2D eigenvalue weighted by atomic mass is 9.87. The molecule has 0 amide bonds. The summed E-state index contributed by atoms with van der Waals surface area (Å²) in [5.41, 5.74) is 0.638. The zero-order valence-electron chi connectivity index (χ0n) is 10.7. The number of ether oxygens (including phenoxy) is 1. The normalized spacial score (nSPS) is 25.7. The molecule has 4 nitrogen and oxygen atoms in total. The van der Waals surface area contributed by atoms with Crippen LogP contribution in [0.1, 0.15) is 32.6 Å². The van der Waals surface area contributed by atoms with Crippen molar-refractivity contribution in [2.24, 2.45) is 5.92 Å². The lowest BCUT2D eigenvalue weighted by Crippen LogP contribution is -2.28. The van der Waals surface area contributed by atoms with E-state index >= 15 is 0 Å². The third-order valence-corrected chi connectivity index (χ3v) is 3.31. The van der Waals surface area contributed by atoms with Gasteiger partial charge >= 0.3 is 5.97 Å². The third-order valence-electron chi connectivity index (χ3n) is 3.31. The summed E-state index contributed by atoms with van der Waals surface area (Å²) < 4.78 is 4.61. The minimum atomic E-state index is -0.271. The van der Waals surface area contributed by atoms with Crippen molar-refractivity contribution in [3.8, 4) is 0 Å². The maximum atomic E-state index is 11.1. The van der Waals surface area contributed by atoms with E-state index in [0.717, 1.165) is 32.2 Å². The van der Waals surface area contributed by atoms with Crippen LogP contribution in [-0.4, -0.2) is 37.4 Å². The fourth-order valence-electron chi connectivity index (χ4n) is 2.11. The minimum absolute atomic E-state index is 0.0901. The van der Waals surface area contributed by atoms with Crippen LogP contribution >= 0.6 is 0 Å². The molecule has 98 valence electrons. The molecule has 1 aliphatic rings. The highest BCUT2D eigenvalue weighted by Gasteiger charge is 2.18. The Morgan fingerprint density at radius 3 is 2.65 bits per heavy atom. The van der Waals surface area contributed by atoms with Crippen molar-refractivity contribution >= 4 is 5.97 Å². The summed E-state index contributed by atoms with van der Waals surface area (Å²) in [4.78, 5) is 11.1. The van der Waals surface area contributed by atoms with Crippen molar-refractivity contribution in [1.82, 2.24) is 5.32 Å². The largest absolute Gasteiger partial charge is 0.466 e. The average Bonchev–Trinajstić information content (AvgIpc) is 2.35. The molecule has 0 bridgehead atoms. The number of aliphatic hydroxyl groups excluding tert-OH is 1. The Morgan fingerprint density at radius 1 is 1.41 bits per heavy atom. The molecule has 1 aliphatic carbocycles. The highest BCUT2D eigenvalue weighted by Crippen LogP contribution is 2.23. The SMILES string of the molecule is COC(=O)C(C)=CCNCC1CCC(O)CC1. The van der Waals surface area contributed by atoms with Gasteiger partial charge in [-0.15, -0.1) is 0 Å². The van der Waals surface area contributed by atoms with Crippen molar-refractivity contribution in [2.75, 3.05) is 20.2 Å². The van der Waals surface area contributed by atoms with E-state index in [9.17, 15) is 9.90 Å². The van der Waals surface area contributed by atoms with Gasteiger partial charge in [-0.05, 0) is 45.1 Å². The monoisotopic (exact) mass is 241 g/mol. The molecular formula is C13H23NO3. The van der Waals surface area contributed by atoms with E-state index in [1.165, 1.54) is 7.11 Å². The number of nitrogens with one attached hydrogen (secondary N) is 1. The summed E-state index contributed by atoms with van der Waals surface area (Å²) in [6.45, 7) is 3.40. The molecular weight excluding hydrogens is 218 g/mol. The first kappa shape index (κ1) is 14.2. The van der Waals surface area contributed by atoms with Crippen LogP contribution in [-0.2, 0) is 9.53 Å². The van der Waals surface area contributed by atoms with Crippen LogP contribution in [0.25, 0.3) is 0 Å². The van der Waals surface area contributed by atoms with Crippen molar-refractivity contribution in [2.45, 2.75) is 38.7 Å². The van der Waals surface area contributed by atoms with Gasteiger partial charge in [0.2, 0.25) is 0 Å². The standard InChI is InChI=1S/C13H23NO3/c1-10(13(16)17-2)7-8-14-9-11-3-5-12(15)6-4-11/h7,11-12,14-15H,3-6,8-9H2,1-2H3. The van der Waals surface area contributed by atoms with Gasteiger partial charge in [0.1, 0.15) is 0 Å². The van der Waals surface area contributed by atoms with Gasteiger partial charge in [0.15, 0.2) is 0 Å². The second kappa shape index (κ2) is 7.45. The molecule has 0 aromatic heterocycles. The maximum Gasteiger partial charge on any atom is 0.333 e. The van der Waals surface area contributed by atoms with E-state index in [4.69, 9.17) is 0 Å². The molecule has 4 heteroatoms. The van der Waals surface area contributed by atoms with E-state index in [2.05, 4.69) is 10.1 Å². The molecule has 0 radical (unpaired) electrons. The van der Waals surface area contributed by atoms with Crippen LogP contribution in [0.2, 0.25) is 0 Å². The van der Waals surface area contributed by atoms with Gasteiger partial charge in [-0.2, -0.15) is 0 Å². The van der Waals surface area contributed by atoms with E-state index in [0.29, 0.717) is 18.0 Å². The summed E-state index contributed by atoms with van der Waals surface area (Å²) in [6.07, 6.45) is 5.78. The predicted molar refractivity (Wildman–Crippen MR) is 66.6 cm³/mol. The van der Waals surface area contributed by atoms with E-state index in [1.54, 1.807) is 6.92 Å². The first-order chi connectivity index (χ1) is 8.13. The van der Waals surface area contributed by atoms with E-state index < -0.39 is 0 Å². The van der Waals surface area contributed by atoms with Gasteiger partial charge in [0.25, 0.3) is 0 Å². The second-order valence-electron chi connectivity index (χ2n) is 4.71. The van der Waals surface area contributed by atoms with Crippen LogP contribution in [0.3, 0.4) is 0 Å². The number of hydrogen-bond acceptors (Lipinski definition) is 4. The topological polar surface area (TPSA) is 58.6 Å². The van der Waals surface area contributed by atoms with Gasteiger partial charge < -0.3 is 15.2 Å². The van der Waals surface area contributed by atoms with Crippen molar-refractivity contribution in [3.63, 3.8) is 0 Å². The maximum absolute atomic E-state index is 11.1. The Labute approximate surface area is 103 Å². The molecule has 1 rings (SSSR count). The zero-order valence-corrected chi connectivity index (χ0v) is 10.7. The lowest BCUT2D eigenvalue weighted by molar-refractivity contribution is -0.136. The van der Waals surface area contributed by atoms with Crippen molar-refractivity contribution in [1.29, 1.82) is 0 Å². The number of hydrogen-bond donors (Lipinski definition) is 2. The summed E-state index contributed by atoms with van der Waals surface area (Å²) in [7, 11) is 1.39. The first-order valence-electron chi connectivity index (χ1n) is 6.27. The third kappa shape index (κ3) is 5.33. The number of aliphatic hydroxyl groups is 1. The summed E-state index contributed by atoms with van der Waals surface area (Å²) >= 11 is 0.